The van der Waals surface area contributed by atoms with Gasteiger partial charge in [-0.15, -0.1) is 0 Å². The molecule has 0 radical (unpaired) electrons. The number of hydrogen-bond acceptors (Lipinski definition) is 5. The third-order valence-electron chi connectivity index (χ3n) is 12.0. The van der Waals surface area contributed by atoms with Gasteiger partial charge in [-0.2, -0.15) is 0 Å². The van der Waals surface area contributed by atoms with Gasteiger partial charge < -0.3 is 13.4 Å². The number of hydrogen-bond donors (Lipinski definition) is 0. The van der Waals surface area contributed by atoms with Crippen LogP contribution in [0.2, 0.25) is 0 Å². The molecule has 0 amide bonds. The lowest BCUT2D eigenvalue weighted by atomic mass is 9.95. The Hall–Kier alpha value is -8.35. The average molecular weight is 781 g/mol. The molecule has 0 bridgehead atoms. The van der Waals surface area contributed by atoms with E-state index in [9.17, 15) is 0 Å². The molecule has 0 aliphatic heterocycles. The molecule has 13 rings (SSSR count). The van der Waals surface area contributed by atoms with Crippen molar-refractivity contribution < 1.29 is 8.83 Å². The summed E-state index contributed by atoms with van der Waals surface area (Å²) < 4.78 is 15.2. The maximum absolute atomic E-state index is 6.49. The van der Waals surface area contributed by atoms with Crippen molar-refractivity contribution in [3.05, 3.63) is 194 Å². The summed E-state index contributed by atoms with van der Waals surface area (Å²) in [5.74, 6) is 1.73. The summed E-state index contributed by atoms with van der Waals surface area (Å²) in [5, 5.41) is 8.90. The molecule has 9 aromatic carbocycles. The second-order valence-electron chi connectivity index (χ2n) is 15.5. The Morgan fingerprint density at radius 2 is 0.885 bits per heavy atom. The summed E-state index contributed by atoms with van der Waals surface area (Å²) in [6.07, 6.45) is 0. The predicted molar refractivity (Wildman–Crippen MR) is 248 cm³/mol. The Morgan fingerprint density at radius 3 is 1.62 bits per heavy atom. The highest BCUT2D eigenvalue weighted by atomic mass is 16.3. The SMILES string of the molecule is c1ccc(-c2nc(-c3ccc(-n4c5ccccc5c5cc6ccccc6cc54)c(-c4cccc5oc6ccccc6c45)c3)nc(-c3cccc4oc5ccccc5c34)n2)cc1. The van der Waals surface area contributed by atoms with Crippen molar-refractivity contribution >= 4 is 76.5 Å². The second kappa shape index (κ2) is 13.1. The van der Waals surface area contributed by atoms with E-state index in [2.05, 4.69) is 126 Å². The maximum atomic E-state index is 6.49. The minimum atomic E-state index is 0.568. The van der Waals surface area contributed by atoms with Crippen LogP contribution in [-0.2, 0) is 0 Å². The van der Waals surface area contributed by atoms with Crippen molar-refractivity contribution in [3.8, 4) is 51.0 Å². The van der Waals surface area contributed by atoms with Crippen LogP contribution in [0.25, 0.3) is 127 Å². The second-order valence-corrected chi connectivity index (χ2v) is 15.5. The monoisotopic (exact) mass is 780 g/mol. The van der Waals surface area contributed by atoms with Crippen molar-refractivity contribution in [2.24, 2.45) is 0 Å². The summed E-state index contributed by atoms with van der Waals surface area (Å²) >= 11 is 0. The summed E-state index contributed by atoms with van der Waals surface area (Å²) in [5.41, 5.74) is 11.3. The van der Waals surface area contributed by atoms with Crippen LogP contribution in [-0.4, -0.2) is 19.5 Å². The fourth-order valence-electron chi connectivity index (χ4n) is 9.30. The van der Waals surface area contributed by atoms with Crippen LogP contribution in [0.4, 0.5) is 0 Å². The van der Waals surface area contributed by atoms with Crippen LogP contribution in [0.15, 0.2) is 203 Å². The van der Waals surface area contributed by atoms with Gasteiger partial charge >= 0.3 is 0 Å². The minimum Gasteiger partial charge on any atom is -0.456 e. The lowest BCUT2D eigenvalue weighted by Crippen LogP contribution is -2.02. The zero-order valence-corrected chi connectivity index (χ0v) is 32.6. The first kappa shape index (κ1) is 33.6. The molecule has 0 unspecified atom stereocenters. The van der Waals surface area contributed by atoms with Crippen molar-refractivity contribution in [2.75, 3.05) is 0 Å². The number of para-hydroxylation sites is 3. The molecule has 0 aliphatic carbocycles. The van der Waals surface area contributed by atoms with Crippen LogP contribution in [0.3, 0.4) is 0 Å². The van der Waals surface area contributed by atoms with Gasteiger partial charge in [0.15, 0.2) is 17.5 Å². The van der Waals surface area contributed by atoms with Crippen LogP contribution >= 0.6 is 0 Å². The standard InChI is InChI=1S/C55H32N4O2/c1-2-14-33(15-3-1)53-56-54(58-55(57-53)41-22-13-27-50-52(41)40-20-8-11-25-48(40)61-50)36-28-29-45(43(31-36)38-21-12-26-49-51(38)39-19-7-10-24-47(39)60-49)59-44-23-9-6-18-37(44)42-30-34-16-4-5-17-35(34)32-46(42)59/h1-32H. The van der Waals surface area contributed by atoms with E-state index in [1.165, 1.54) is 21.5 Å². The van der Waals surface area contributed by atoms with Gasteiger partial charge in [0.05, 0.1) is 16.7 Å². The van der Waals surface area contributed by atoms with E-state index < -0.39 is 0 Å². The summed E-state index contributed by atoms with van der Waals surface area (Å²) in [7, 11) is 0. The number of rotatable bonds is 5. The summed E-state index contributed by atoms with van der Waals surface area (Å²) in [4.78, 5) is 15.7. The van der Waals surface area contributed by atoms with E-state index in [1.54, 1.807) is 0 Å². The van der Waals surface area contributed by atoms with E-state index in [0.717, 1.165) is 88.4 Å². The molecule has 284 valence electrons. The Balaban J connectivity index is 1.12. The smallest absolute Gasteiger partial charge is 0.164 e. The van der Waals surface area contributed by atoms with Gasteiger partial charge in [0.2, 0.25) is 0 Å². The number of benzene rings is 9. The highest BCUT2D eigenvalue weighted by Crippen LogP contribution is 2.44. The molecule has 0 spiro atoms. The van der Waals surface area contributed by atoms with E-state index in [0.29, 0.717) is 17.5 Å². The molecule has 4 heterocycles. The normalized spacial score (nSPS) is 11.9. The number of aromatic nitrogens is 4. The van der Waals surface area contributed by atoms with E-state index in [1.807, 2.05) is 72.8 Å². The molecule has 4 aromatic heterocycles. The van der Waals surface area contributed by atoms with Crippen molar-refractivity contribution in [1.29, 1.82) is 0 Å². The Kier molecular flexibility index (Phi) is 7.21. The van der Waals surface area contributed by atoms with Gasteiger partial charge in [-0.3, -0.25) is 0 Å². The molecule has 6 heteroatoms. The molecule has 0 saturated heterocycles. The zero-order valence-electron chi connectivity index (χ0n) is 32.6. The number of furan rings is 2. The molecule has 61 heavy (non-hydrogen) atoms. The molecule has 0 saturated carbocycles. The molecule has 6 nitrogen and oxygen atoms in total. The van der Waals surface area contributed by atoms with Crippen LogP contribution in [0, 0.1) is 0 Å². The van der Waals surface area contributed by atoms with Gasteiger partial charge in [0.25, 0.3) is 0 Å². The van der Waals surface area contributed by atoms with Gasteiger partial charge in [-0.1, -0.05) is 133 Å². The predicted octanol–water partition coefficient (Wildman–Crippen LogP) is 14.6. The molecule has 13 aromatic rings. The Bertz CT molecular complexity index is 3900. The quantitative estimate of drug-likeness (QED) is 0.174. The third-order valence-corrected chi connectivity index (χ3v) is 12.0. The number of fused-ring (bicyclic) bond motifs is 10. The van der Waals surface area contributed by atoms with Crippen molar-refractivity contribution in [2.45, 2.75) is 0 Å². The summed E-state index contributed by atoms with van der Waals surface area (Å²) in [6, 6.07) is 67.5. The van der Waals surface area contributed by atoms with E-state index >= 15 is 0 Å². The molecular formula is C55H32N4O2. The topological polar surface area (TPSA) is 69.9 Å². The van der Waals surface area contributed by atoms with Crippen LogP contribution in [0.1, 0.15) is 0 Å². The first-order valence-electron chi connectivity index (χ1n) is 20.4. The van der Waals surface area contributed by atoms with Crippen molar-refractivity contribution in [3.63, 3.8) is 0 Å². The zero-order chi connectivity index (χ0) is 40.0. The van der Waals surface area contributed by atoms with Gasteiger partial charge in [-0.05, 0) is 77.0 Å². The van der Waals surface area contributed by atoms with Crippen LogP contribution < -0.4 is 0 Å². The molecule has 0 fully saturated rings. The third kappa shape index (κ3) is 5.19. The largest absolute Gasteiger partial charge is 0.456 e. The first-order valence-corrected chi connectivity index (χ1v) is 20.4. The highest BCUT2D eigenvalue weighted by Gasteiger charge is 2.23. The molecule has 0 aliphatic rings. The Labute approximate surface area is 348 Å². The molecule has 0 atom stereocenters. The first-order chi connectivity index (χ1) is 30.2. The number of nitrogens with zero attached hydrogens (tertiary/aromatic N) is 4. The molecule has 0 N–H and O–H groups in total. The van der Waals surface area contributed by atoms with Gasteiger partial charge in [0, 0.05) is 54.6 Å². The minimum absolute atomic E-state index is 0.568. The average Bonchev–Trinajstić information content (AvgIpc) is 4.00. The van der Waals surface area contributed by atoms with Gasteiger partial charge in [0.1, 0.15) is 22.3 Å². The lowest BCUT2D eigenvalue weighted by Gasteiger charge is -2.17. The van der Waals surface area contributed by atoms with E-state index in [-0.39, 0.29) is 0 Å². The fraction of sp³-hybridized carbons (Fsp3) is 0. The lowest BCUT2D eigenvalue weighted by molar-refractivity contribution is 0.668. The maximum Gasteiger partial charge on any atom is 0.164 e. The van der Waals surface area contributed by atoms with Crippen molar-refractivity contribution in [1.82, 2.24) is 19.5 Å². The van der Waals surface area contributed by atoms with Gasteiger partial charge in [-0.25, -0.2) is 15.0 Å². The molecular weight excluding hydrogens is 749 g/mol. The highest BCUT2D eigenvalue weighted by molar-refractivity contribution is 6.16. The fourth-order valence-corrected chi connectivity index (χ4v) is 9.30. The van der Waals surface area contributed by atoms with E-state index in [4.69, 9.17) is 23.8 Å². The Morgan fingerprint density at radius 1 is 0.328 bits per heavy atom. The van der Waals surface area contributed by atoms with Crippen LogP contribution in [0.5, 0.6) is 0 Å². The summed E-state index contributed by atoms with van der Waals surface area (Å²) in [6.45, 7) is 0.